The average Bonchev–Trinajstić information content (AvgIpc) is 2.46. The standard InChI is InChI=1S/C12H15BrN2/c1-7-4-9(13)5-10-11(6-14-3)8(2)15-12(7)10/h4-5,14-15H,6H2,1-3H3. The molecule has 2 N–H and O–H groups in total. The van der Waals surface area contributed by atoms with Crippen molar-refractivity contribution in [1.29, 1.82) is 0 Å². The summed E-state index contributed by atoms with van der Waals surface area (Å²) >= 11 is 3.54. The Labute approximate surface area is 98.2 Å². The maximum absolute atomic E-state index is 3.54. The molecule has 2 aromatic rings. The van der Waals surface area contributed by atoms with E-state index in [1.807, 2.05) is 7.05 Å². The van der Waals surface area contributed by atoms with Crippen LogP contribution in [0.15, 0.2) is 16.6 Å². The lowest BCUT2D eigenvalue weighted by Crippen LogP contribution is -2.05. The summed E-state index contributed by atoms with van der Waals surface area (Å²) in [6.07, 6.45) is 0. The highest BCUT2D eigenvalue weighted by Gasteiger charge is 2.09. The van der Waals surface area contributed by atoms with Gasteiger partial charge in [0.2, 0.25) is 0 Å². The van der Waals surface area contributed by atoms with Gasteiger partial charge < -0.3 is 10.3 Å². The quantitative estimate of drug-likeness (QED) is 0.858. The molecule has 1 heterocycles. The fraction of sp³-hybridized carbons (Fsp3) is 0.333. The predicted octanol–water partition coefficient (Wildman–Crippen LogP) is 3.27. The van der Waals surface area contributed by atoms with Gasteiger partial charge in [-0.05, 0) is 44.2 Å². The third-order valence-electron chi connectivity index (χ3n) is 2.74. The molecular formula is C12H15BrN2. The minimum Gasteiger partial charge on any atom is -0.358 e. The van der Waals surface area contributed by atoms with Crippen molar-refractivity contribution < 1.29 is 0 Å². The van der Waals surface area contributed by atoms with Crippen LogP contribution in [0.5, 0.6) is 0 Å². The molecule has 0 saturated heterocycles. The van der Waals surface area contributed by atoms with E-state index >= 15 is 0 Å². The molecule has 1 aromatic heterocycles. The van der Waals surface area contributed by atoms with Crippen LogP contribution in [0.4, 0.5) is 0 Å². The summed E-state index contributed by atoms with van der Waals surface area (Å²) in [6.45, 7) is 5.16. The van der Waals surface area contributed by atoms with Crippen LogP contribution in [0.3, 0.4) is 0 Å². The van der Waals surface area contributed by atoms with Crippen LogP contribution in [0.1, 0.15) is 16.8 Å². The lowest BCUT2D eigenvalue weighted by Gasteiger charge is -2.01. The van der Waals surface area contributed by atoms with E-state index in [-0.39, 0.29) is 0 Å². The molecule has 0 fully saturated rings. The molecule has 3 heteroatoms. The maximum Gasteiger partial charge on any atom is 0.0489 e. The van der Waals surface area contributed by atoms with Crippen molar-refractivity contribution in [3.8, 4) is 0 Å². The van der Waals surface area contributed by atoms with Crippen molar-refractivity contribution in [1.82, 2.24) is 10.3 Å². The lowest BCUT2D eigenvalue weighted by atomic mass is 10.1. The normalized spacial score (nSPS) is 11.2. The molecule has 0 aliphatic heterocycles. The number of halogens is 1. The summed E-state index contributed by atoms with van der Waals surface area (Å²) in [5, 5.41) is 4.52. The third kappa shape index (κ3) is 1.82. The van der Waals surface area contributed by atoms with Gasteiger partial charge in [-0.2, -0.15) is 0 Å². The Balaban J connectivity index is 2.74. The second kappa shape index (κ2) is 3.99. The van der Waals surface area contributed by atoms with Crippen molar-refractivity contribution in [3.63, 3.8) is 0 Å². The number of hydrogen-bond donors (Lipinski definition) is 2. The number of aromatic amines is 1. The van der Waals surface area contributed by atoms with E-state index in [0.717, 1.165) is 11.0 Å². The van der Waals surface area contributed by atoms with Gasteiger partial charge in [0.15, 0.2) is 0 Å². The summed E-state index contributed by atoms with van der Waals surface area (Å²) in [5.74, 6) is 0. The van der Waals surface area contributed by atoms with Gasteiger partial charge >= 0.3 is 0 Å². The first-order chi connectivity index (χ1) is 7.13. The number of fused-ring (bicyclic) bond motifs is 1. The number of hydrogen-bond acceptors (Lipinski definition) is 1. The van der Waals surface area contributed by atoms with Crippen LogP contribution in [0, 0.1) is 13.8 Å². The van der Waals surface area contributed by atoms with Gasteiger partial charge in [0, 0.05) is 27.6 Å². The Morgan fingerprint density at radius 1 is 1.33 bits per heavy atom. The Hall–Kier alpha value is -0.800. The number of H-pyrrole nitrogens is 1. The second-order valence-electron chi connectivity index (χ2n) is 3.90. The Morgan fingerprint density at radius 3 is 2.73 bits per heavy atom. The van der Waals surface area contributed by atoms with Crippen LogP contribution in [0.2, 0.25) is 0 Å². The van der Waals surface area contributed by atoms with E-state index in [9.17, 15) is 0 Å². The first kappa shape index (κ1) is 10.7. The zero-order valence-electron chi connectivity index (χ0n) is 9.24. The number of aryl methyl sites for hydroxylation is 2. The van der Waals surface area contributed by atoms with Crippen LogP contribution in [-0.2, 0) is 6.54 Å². The Kier molecular flexibility index (Phi) is 2.85. The van der Waals surface area contributed by atoms with Crippen molar-refractivity contribution in [2.24, 2.45) is 0 Å². The molecule has 0 aliphatic rings. The minimum atomic E-state index is 0.904. The highest BCUT2D eigenvalue weighted by molar-refractivity contribution is 9.10. The summed E-state index contributed by atoms with van der Waals surface area (Å²) in [5.41, 5.74) is 5.14. The maximum atomic E-state index is 3.54. The van der Waals surface area contributed by atoms with Crippen molar-refractivity contribution in [3.05, 3.63) is 33.4 Å². The smallest absolute Gasteiger partial charge is 0.0489 e. The monoisotopic (exact) mass is 266 g/mol. The SMILES string of the molecule is CNCc1c(C)[nH]c2c(C)cc(Br)cc12. The van der Waals surface area contributed by atoms with Crippen LogP contribution >= 0.6 is 15.9 Å². The van der Waals surface area contributed by atoms with E-state index in [1.54, 1.807) is 0 Å². The van der Waals surface area contributed by atoms with Gasteiger partial charge in [-0.15, -0.1) is 0 Å². The molecule has 80 valence electrons. The molecule has 0 spiro atoms. The van der Waals surface area contributed by atoms with Crippen molar-refractivity contribution in [2.75, 3.05) is 7.05 Å². The van der Waals surface area contributed by atoms with Gasteiger partial charge in [-0.3, -0.25) is 0 Å². The van der Waals surface area contributed by atoms with E-state index in [2.05, 4.69) is 52.2 Å². The molecule has 0 aliphatic carbocycles. The zero-order chi connectivity index (χ0) is 11.0. The largest absolute Gasteiger partial charge is 0.358 e. The summed E-state index contributed by atoms with van der Waals surface area (Å²) in [6, 6.07) is 4.32. The van der Waals surface area contributed by atoms with Gasteiger partial charge in [0.1, 0.15) is 0 Å². The molecule has 2 nitrogen and oxygen atoms in total. The van der Waals surface area contributed by atoms with E-state index < -0.39 is 0 Å². The first-order valence-electron chi connectivity index (χ1n) is 5.05. The number of benzene rings is 1. The molecule has 0 saturated carbocycles. The van der Waals surface area contributed by atoms with Crippen LogP contribution in [-0.4, -0.2) is 12.0 Å². The molecular weight excluding hydrogens is 252 g/mol. The zero-order valence-corrected chi connectivity index (χ0v) is 10.8. The van der Waals surface area contributed by atoms with Gasteiger partial charge in [0.25, 0.3) is 0 Å². The van der Waals surface area contributed by atoms with Crippen LogP contribution < -0.4 is 5.32 Å². The van der Waals surface area contributed by atoms with Gasteiger partial charge in [-0.25, -0.2) is 0 Å². The molecule has 1 aromatic carbocycles. The highest BCUT2D eigenvalue weighted by Crippen LogP contribution is 2.28. The average molecular weight is 267 g/mol. The molecule has 0 atom stereocenters. The molecule has 0 unspecified atom stereocenters. The number of rotatable bonds is 2. The third-order valence-corrected chi connectivity index (χ3v) is 3.20. The van der Waals surface area contributed by atoms with E-state index in [4.69, 9.17) is 0 Å². The highest BCUT2D eigenvalue weighted by atomic mass is 79.9. The Morgan fingerprint density at radius 2 is 2.07 bits per heavy atom. The van der Waals surface area contributed by atoms with Crippen molar-refractivity contribution >= 4 is 26.8 Å². The lowest BCUT2D eigenvalue weighted by molar-refractivity contribution is 0.817. The van der Waals surface area contributed by atoms with Crippen LogP contribution in [0.25, 0.3) is 10.9 Å². The summed E-state index contributed by atoms with van der Waals surface area (Å²) in [4.78, 5) is 3.45. The van der Waals surface area contributed by atoms with Gasteiger partial charge in [-0.1, -0.05) is 15.9 Å². The summed E-state index contributed by atoms with van der Waals surface area (Å²) in [7, 11) is 1.98. The second-order valence-corrected chi connectivity index (χ2v) is 4.82. The number of aromatic nitrogens is 1. The fourth-order valence-corrected chi connectivity index (χ4v) is 2.59. The molecule has 0 radical (unpaired) electrons. The topological polar surface area (TPSA) is 27.8 Å². The first-order valence-corrected chi connectivity index (χ1v) is 5.84. The van der Waals surface area contributed by atoms with Gasteiger partial charge in [0.05, 0.1) is 0 Å². The molecule has 0 amide bonds. The predicted molar refractivity (Wildman–Crippen MR) is 68.2 cm³/mol. The van der Waals surface area contributed by atoms with E-state index in [0.29, 0.717) is 0 Å². The minimum absolute atomic E-state index is 0.904. The molecule has 2 rings (SSSR count). The number of nitrogens with one attached hydrogen (secondary N) is 2. The summed E-state index contributed by atoms with van der Waals surface area (Å²) < 4.78 is 1.14. The van der Waals surface area contributed by atoms with Crippen molar-refractivity contribution in [2.45, 2.75) is 20.4 Å². The fourth-order valence-electron chi connectivity index (χ4n) is 2.02. The molecule has 0 bridgehead atoms. The van der Waals surface area contributed by atoms with E-state index in [1.165, 1.54) is 27.7 Å². The molecule has 15 heavy (non-hydrogen) atoms. The Bertz CT molecular complexity index is 500.